The molecular weight excluding hydrogens is 170 g/mol. The fourth-order valence-corrected chi connectivity index (χ4v) is 0.372. The Morgan fingerprint density at radius 3 is 2.27 bits per heavy atom. The van der Waals surface area contributed by atoms with Crippen molar-refractivity contribution < 1.29 is 9.59 Å². The third kappa shape index (κ3) is 5.63. The van der Waals surface area contributed by atoms with Gasteiger partial charge in [-0.2, -0.15) is 0 Å². The molecule has 0 saturated carbocycles. The van der Waals surface area contributed by atoms with Crippen molar-refractivity contribution in [2.45, 2.75) is 13.0 Å². The Labute approximate surface area is 70.9 Å². The molecule has 0 aromatic rings. The number of halogens is 1. The number of primary amides is 1. The van der Waals surface area contributed by atoms with Crippen LogP contribution in [0.2, 0.25) is 0 Å². The molecule has 0 heterocycles. The van der Waals surface area contributed by atoms with Gasteiger partial charge < -0.3 is 16.8 Å². The van der Waals surface area contributed by atoms with E-state index in [0.717, 1.165) is 0 Å². The summed E-state index contributed by atoms with van der Waals surface area (Å²) < 4.78 is 0. The van der Waals surface area contributed by atoms with E-state index < -0.39 is 11.9 Å². The van der Waals surface area contributed by atoms with Crippen LogP contribution in [0.5, 0.6) is 0 Å². The lowest BCUT2D eigenvalue weighted by molar-refractivity contribution is -0.126. The van der Waals surface area contributed by atoms with E-state index >= 15 is 0 Å². The molecule has 0 bridgehead atoms. The summed E-state index contributed by atoms with van der Waals surface area (Å²) in [7, 11) is 0. The Morgan fingerprint density at radius 2 is 2.00 bits per heavy atom. The minimum absolute atomic E-state index is 0. The second-order valence-electron chi connectivity index (χ2n) is 1.90. The van der Waals surface area contributed by atoms with Gasteiger partial charge in [-0.25, -0.2) is 0 Å². The van der Waals surface area contributed by atoms with E-state index in [9.17, 15) is 9.59 Å². The summed E-state index contributed by atoms with van der Waals surface area (Å²) >= 11 is 0. The minimum Gasteiger partial charge on any atom is -0.368 e. The summed E-state index contributed by atoms with van der Waals surface area (Å²) in [5.41, 5.74) is 9.80. The van der Waals surface area contributed by atoms with Crippen LogP contribution >= 0.6 is 12.4 Å². The highest BCUT2D eigenvalue weighted by Crippen LogP contribution is 1.76. The molecule has 0 rings (SSSR count). The van der Waals surface area contributed by atoms with Crippen molar-refractivity contribution in [3.63, 3.8) is 0 Å². The Morgan fingerprint density at radius 1 is 1.55 bits per heavy atom. The van der Waals surface area contributed by atoms with Gasteiger partial charge in [-0.15, -0.1) is 12.4 Å². The first-order valence-corrected chi connectivity index (χ1v) is 2.86. The Bertz CT molecular complexity index is 151. The zero-order chi connectivity index (χ0) is 8.15. The molecule has 1 unspecified atom stereocenters. The van der Waals surface area contributed by atoms with E-state index in [1.54, 1.807) is 0 Å². The zero-order valence-electron chi connectivity index (χ0n) is 6.16. The summed E-state index contributed by atoms with van der Waals surface area (Å²) in [5, 5.41) is 2.29. The molecule has 0 fully saturated rings. The highest BCUT2D eigenvalue weighted by atomic mass is 35.5. The first kappa shape index (κ1) is 12.8. The van der Waals surface area contributed by atoms with Crippen LogP contribution in [0.4, 0.5) is 0 Å². The number of rotatable bonds is 3. The molecule has 11 heavy (non-hydrogen) atoms. The fraction of sp³-hybridized carbons (Fsp3) is 0.600. The third-order valence-electron chi connectivity index (χ3n) is 0.990. The van der Waals surface area contributed by atoms with E-state index in [1.165, 1.54) is 6.92 Å². The molecule has 0 saturated heterocycles. The summed E-state index contributed by atoms with van der Waals surface area (Å²) in [6.07, 6.45) is 0. The predicted octanol–water partition coefficient (Wildman–Crippen LogP) is -1.64. The van der Waals surface area contributed by atoms with E-state index in [0.29, 0.717) is 0 Å². The molecule has 1 atom stereocenters. The van der Waals surface area contributed by atoms with Crippen molar-refractivity contribution in [3.05, 3.63) is 0 Å². The Hall–Kier alpha value is -0.810. The highest BCUT2D eigenvalue weighted by molar-refractivity contribution is 5.86. The quantitative estimate of drug-likeness (QED) is 0.487. The lowest BCUT2D eigenvalue weighted by Crippen LogP contribution is -2.44. The smallest absolute Gasteiger partial charge is 0.239 e. The molecule has 0 spiro atoms. The Kier molecular flexibility index (Phi) is 6.92. The van der Waals surface area contributed by atoms with Crippen molar-refractivity contribution in [1.29, 1.82) is 0 Å². The van der Waals surface area contributed by atoms with Gasteiger partial charge in [0.25, 0.3) is 0 Å². The number of nitrogens with one attached hydrogen (secondary N) is 1. The topological polar surface area (TPSA) is 98.2 Å². The van der Waals surface area contributed by atoms with E-state index in [2.05, 4.69) is 5.32 Å². The molecule has 6 heteroatoms. The van der Waals surface area contributed by atoms with Gasteiger partial charge in [-0.3, -0.25) is 9.59 Å². The summed E-state index contributed by atoms with van der Waals surface area (Å²) in [4.78, 5) is 20.8. The van der Waals surface area contributed by atoms with Crippen LogP contribution < -0.4 is 16.8 Å². The van der Waals surface area contributed by atoms with Gasteiger partial charge in [0.1, 0.15) is 6.04 Å². The normalized spacial score (nSPS) is 11.1. The third-order valence-corrected chi connectivity index (χ3v) is 0.990. The number of carbonyl (C=O) groups is 2. The van der Waals surface area contributed by atoms with Crippen LogP contribution in [-0.2, 0) is 9.59 Å². The van der Waals surface area contributed by atoms with Gasteiger partial charge in [0.15, 0.2) is 0 Å². The zero-order valence-corrected chi connectivity index (χ0v) is 6.98. The Balaban J connectivity index is 0. The van der Waals surface area contributed by atoms with Crippen LogP contribution in [0.1, 0.15) is 6.92 Å². The predicted molar refractivity (Wildman–Crippen MR) is 43.1 cm³/mol. The SMILES string of the molecule is CC(NC(=O)CN)C(N)=O.Cl. The molecular formula is C5H12ClN3O2. The van der Waals surface area contributed by atoms with E-state index in [4.69, 9.17) is 11.5 Å². The molecule has 5 N–H and O–H groups in total. The van der Waals surface area contributed by atoms with Gasteiger partial charge in [-0.05, 0) is 6.92 Å². The molecule has 0 aliphatic rings. The standard InChI is InChI=1S/C5H11N3O2.ClH/c1-3(5(7)10)8-4(9)2-6;/h3H,2,6H2,1H3,(H2,7,10)(H,8,9);1H. The van der Waals surface area contributed by atoms with Crippen LogP contribution in [0.25, 0.3) is 0 Å². The monoisotopic (exact) mass is 181 g/mol. The molecule has 2 amide bonds. The summed E-state index contributed by atoms with van der Waals surface area (Å²) in [6, 6.07) is -0.643. The minimum atomic E-state index is -0.643. The molecule has 66 valence electrons. The van der Waals surface area contributed by atoms with Gasteiger partial charge in [0.05, 0.1) is 6.54 Å². The molecule has 0 aliphatic carbocycles. The highest BCUT2D eigenvalue weighted by Gasteiger charge is 2.09. The van der Waals surface area contributed by atoms with Gasteiger partial charge in [0, 0.05) is 0 Å². The fourth-order valence-electron chi connectivity index (χ4n) is 0.372. The maximum atomic E-state index is 10.5. The summed E-state index contributed by atoms with van der Waals surface area (Å²) in [6.45, 7) is 1.37. The number of hydrogen-bond acceptors (Lipinski definition) is 3. The van der Waals surface area contributed by atoms with Crippen molar-refractivity contribution in [2.24, 2.45) is 11.5 Å². The lowest BCUT2D eigenvalue weighted by Gasteiger charge is -2.07. The van der Waals surface area contributed by atoms with Gasteiger partial charge >= 0.3 is 0 Å². The summed E-state index contributed by atoms with van der Waals surface area (Å²) in [5.74, 6) is -0.951. The molecule has 0 aliphatic heterocycles. The average Bonchev–Trinajstić information content (AvgIpc) is 1.87. The first-order valence-electron chi connectivity index (χ1n) is 2.86. The van der Waals surface area contributed by atoms with Crippen LogP contribution in [-0.4, -0.2) is 24.4 Å². The maximum Gasteiger partial charge on any atom is 0.239 e. The molecule has 0 radical (unpaired) electrons. The number of carbonyl (C=O) groups excluding carboxylic acids is 2. The maximum absolute atomic E-state index is 10.5. The average molecular weight is 182 g/mol. The van der Waals surface area contributed by atoms with Crippen LogP contribution in [0.3, 0.4) is 0 Å². The largest absolute Gasteiger partial charge is 0.368 e. The van der Waals surface area contributed by atoms with Crippen molar-refractivity contribution in [2.75, 3.05) is 6.54 Å². The molecule has 0 aromatic heterocycles. The second kappa shape index (κ2) is 5.94. The van der Waals surface area contributed by atoms with Gasteiger partial charge in [-0.1, -0.05) is 0 Å². The molecule has 0 aromatic carbocycles. The van der Waals surface area contributed by atoms with Crippen molar-refractivity contribution >= 4 is 24.2 Å². The lowest BCUT2D eigenvalue weighted by atomic mass is 10.3. The number of nitrogens with two attached hydrogens (primary N) is 2. The first-order chi connectivity index (χ1) is 4.57. The second-order valence-corrected chi connectivity index (χ2v) is 1.90. The molecule has 5 nitrogen and oxygen atoms in total. The van der Waals surface area contributed by atoms with Crippen LogP contribution in [0.15, 0.2) is 0 Å². The van der Waals surface area contributed by atoms with E-state index in [1.807, 2.05) is 0 Å². The van der Waals surface area contributed by atoms with E-state index in [-0.39, 0.29) is 24.9 Å². The van der Waals surface area contributed by atoms with Crippen LogP contribution in [0, 0.1) is 0 Å². The van der Waals surface area contributed by atoms with Crippen molar-refractivity contribution in [3.8, 4) is 0 Å². The number of amides is 2. The van der Waals surface area contributed by atoms with Crippen molar-refractivity contribution in [1.82, 2.24) is 5.32 Å². The van der Waals surface area contributed by atoms with Gasteiger partial charge in [0.2, 0.25) is 11.8 Å². The number of hydrogen-bond donors (Lipinski definition) is 3.